The summed E-state index contributed by atoms with van der Waals surface area (Å²) < 4.78 is 30.1. The van der Waals surface area contributed by atoms with E-state index in [2.05, 4.69) is 4.98 Å². The fraction of sp³-hybridized carbons (Fsp3) is 0.143. The van der Waals surface area contributed by atoms with Crippen LogP contribution in [-0.2, 0) is 10.1 Å². The number of rotatable bonds is 2. The summed E-state index contributed by atoms with van der Waals surface area (Å²) in [6, 6.07) is 2.45. The summed E-state index contributed by atoms with van der Waals surface area (Å²) in [4.78, 5) is 14.0. The van der Waals surface area contributed by atoms with E-state index in [0.29, 0.717) is 0 Å². The van der Waals surface area contributed by atoms with Crippen LogP contribution in [0, 0.1) is 0 Å². The second-order valence-corrected chi connectivity index (χ2v) is 3.77. The van der Waals surface area contributed by atoms with Crippen molar-refractivity contribution in [1.82, 2.24) is 4.98 Å². The van der Waals surface area contributed by atoms with Crippen molar-refractivity contribution in [2.75, 3.05) is 0 Å². The molecule has 0 radical (unpaired) electrons. The zero-order valence-corrected chi connectivity index (χ0v) is 7.58. The van der Waals surface area contributed by atoms with Crippen molar-refractivity contribution in [3.05, 3.63) is 24.0 Å². The van der Waals surface area contributed by atoms with Crippen LogP contribution in [0.1, 0.15) is 17.4 Å². The maximum atomic E-state index is 10.9. The van der Waals surface area contributed by atoms with Gasteiger partial charge in [-0.25, -0.2) is 0 Å². The Hall–Kier alpha value is -1.27. The monoisotopic (exact) mass is 201 g/mol. The van der Waals surface area contributed by atoms with E-state index >= 15 is 0 Å². The molecule has 0 aliphatic rings. The smallest absolute Gasteiger partial charge is 0.293 e. The Balaban J connectivity index is 3.46. The molecule has 0 saturated carbocycles. The molecular formula is C7H7NO4S. The molecule has 5 nitrogen and oxygen atoms in total. The van der Waals surface area contributed by atoms with Crippen LogP contribution >= 0.6 is 0 Å². The highest BCUT2D eigenvalue weighted by atomic mass is 32.2. The van der Waals surface area contributed by atoms with Crippen molar-refractivity contribution in [2.24, 2.45) is 0 Å². The van der Waals surface area contributed by atoms with Gasteiger partial charge in [-0.3, -0.25) is 14.3 Å². The van der Waals surface area contributed by atoms with Crippen LogP contribution in [0.15, 0.2) is 23.2 Å². The van der Waals surface area contributed by atoms with Crippen LogP contribution in [0.2, 0.25) is 0 Å². The fourth-order valence-electron chi connectivity index (χ4n) is 0.863. The van der Waals surface area contributed by atoms with Crippen molar-refractivity contribution in [3.63, 3.8) is 0 Å². The molecule has 1 N–H and O–H groups in total. The number of nitrogens with zero attached hydrogens (tertiary/aromatic N) is 1. The van der Waals surface area contributed by atoms with Gasteiger partial charge in [0.15, 0.2) is 5.78 Å². The zero-order chi connectivity index (χ0) is 10.1. The number of pyridine rings is 1. The molecule has 1 aromatic rings. The van der Waals surface area contributed by atoms with Gasteiger partial charge in [0.25, 0.3) is 10.1 Å². The molecule has 70 valence electrons. The van der Waals surface area contributed by atoms with E-state index in [1.807, 2.05) is 0 Å². The van der Waals surface area contributed by atoms with Crippen molar-refractivity contribution < 1.29 is 17.8 Å². The highest BCUT2D eigenvalue weighted by Gasteiger charge is 2.18. The van der Waals surface area contributed by atoms with Crippen LogP contribution in [0.25, 0.3) is 0 Å². The van der Waals surface area contributed by atoms with E-state index in [9.17, 15) is 13.2 Å². The predicted octanol–water partition coefficient (Wildman–Crippen LogP) is 0.531. The average molecular weight is 201 g/mol. The van der Waals surface area contributed by atoms with Gasteiger partial charge in [-0.05, 0) is 12.1 Å². The first-order valence-electron chi connectivity index (χ1n) is 3.36. The predicted molar refractivity (Wildman–Crippen MR) is 44.1 cm³/mol. The molecular weight excluding hydrogens is 194 g/mol. The Bertz CT molecular complexity index is 438. The first-order chi connectivity index (χ1) is 5.93. The molecule has 0 aliphatic heterocycles. The SMILES string of the molecule is CC(=O)c1ncccc1S(=O)(=O)O. The number of ketones is 1. The molecule has 6 heteroatoms. The number of aromatic nitrogens is 1. The Labute approximate surface area is 75.2 Å². The molecule has 0 aromatic carbocycles. The lowest BCUT2D eigenvalue weighted by Gasteiger charge is -2.00. The quantitative estimate of drug-likeness (QED) is 0.557. The molecule has 13 heavy (non-hydrogen) atoms. The molecule has 1 heterocycles. The first-order valence-corrected chi connectivity index (χ1v) is 4.80. The average Bonchev–Trinajstić information content (AvgIpc) is 2.03. The van der Waals surface area contributed by atoms with E-state index in [-0.39, 0.29) is 5.69 Å². The van der Waals surface area contributed by atoms with Gasteiger partial charge in [-0.2, -0.15) is 8.42 Å². The third kappa shape index (κ3) is 2.10. The van der Waals surface area contributed by atoms with Crippen molar-refractivity contribution >= 4 is 15.9 Å². The fourth-order valence-corrected chi connectivity index (χ4v) is 1.55. The van der Waals surface area contributed by atoms with Crippen LogP contribution in [0.5, 0.6) is 0 Å². The molecule has 0 atom stereocenters. The standard InChI is InChI=1S/C7H7NO4S/c1-5(9)7-6(13(10,11)12)3-2-4-8-7/h2-4H,1H3,(H,10,11,12). The summed E-state index contributed by atoms with van der Waals surface area (Å²) in [6.07, 6.45) is 1.28. The third-order valence-corrected chi connectivity index (χ3v) is 2.27. The van der Waals surface area contributed by atoms with Crippen LogP contribution in [0.4, 0.5) is 0 Å². The van der Waals surface area contributed by atoms with E-state index in [0.717, 1.165) is 6.07 Å². The van der Waals surface area contributed by atoms with E-state index in [1.54, 1.807) is 0 Å². The largest absolute Gasteiger partial charge is 0.296 e. The summed E-state index contributed by atoms with van der Waals surface area (Å²) in [5.41, 5.74) is -0.245. The van der Waals surface area contributed by atoms with Gasteiger partial charge in [-0.1, -0.05) is 0 Å². The second-order valence-electron chi connectivity index (χ2n) is 2.38. The highest BCUT2D eigenvalue weighted by molar-refractivity contribution is 7.86. The molecule has 0 amide bonds. The van der Waals surface area contributed by atoms with Gasteiger partial charge in [0.1, 0.15) is 10.6 Å². The van der Waals surface area contributed by atoms with Gasteiger partial charge in [0.05, 0.1) is 0 Å². The van der Waals surface area contributed by atoms with Crippen LogP contribution in [-0.4, -0.2) is 23.7 Å². The molecule has 0 fully saturated rings. The molecule has 0 bridgehead atoms. The van der Waals surface area contributed by atoms with Crippen LogP contribution in [0.3, 0.4) is 0 Å². The lowest BCUT2D eigenvalue weighted by Crippen LogP contribution is -2.08. The molecule has 0 spiro atoms. The summed E-state index contributed by atoms with van der Waals surface area (Å²) in [6.45, 7) is 1.18. The van der Waals surface area contributed by atoms with E-state index in [4.69, 9.17) is 4.55 Å². The number of hydrogen-bond acceptors (Lipinski definition) is 4. The number of carbonyl (C=O) groups excluding carboxylic acids is 1. The van der Waals surface area contributed by atoms with E-state index < -0.39 is 20.8 Å². The molecule has 0 saturated heterocycles. The summed E-state index contributed by atoms with van der Waals surface area (Å²) in [7, 11) is -4.36. The number of Topliss-reactive ketones (excluding diaryl/α,β-unsaturated/α-hetero) is 1. The minimum absolute atomic E-state index is 0.245. The summed E-state index contributed by atoms with van der Waals surface area (Å²) >= 11 is 0. The van der Waals surface area contributed by atoms with Crippen molar-refractivity contribution in [1.29, 1.82) is 0 Å². The van der Waals surface area contributed by atoms with Gasteiger partial charge >= 0.3 is 0 Å². The van der Waals surface area contributed by atoms with Gasteiger partial charge in [-0.15, -0.1) is 0 Å². The second kappa shape index (κ2) is 3.23. The topological polar surface area (TPSA) is 84.3 Å². The van der Waals surface area contributed by atoms with Gasteiger partial charge < -0.3 is 0 Å². The highest BCUT2D eigenvalue weighted by Crippen LogP contribution is 2.12. The lowest BCUT2D eigenvalue weighted by molar-refractivity contribution is 0.100. The summed E-state index contributed by atoms with van der Waals surface area (Å²) in [5, 5.41) is 0. The van der Waals surface area contributed by atoms with Gasteiger partial charge in [0.2, 0.25) is 0 Å². The molecule has 0 aliphatic carbocycles. The molecule has 0 unspecified atom stereocenters. The van der Waals surface area contributed by atoms with Gasteiger partial charge in [0, 0.05) is 13.1 Å². The lowest BCUT2D eigenvalue weighted by atomic mass is 10.3. The minimum Gasteiger partial charge on any atom is -0.293 e. The number of carbonyl (C=O) groups is 1. The third-order valence-electron chi connectivity index (χ3n) is 1.38. The Kier molecular flexibility index (Phi) is 2.44. The molecule has 1 rings (SSSR count). The summed E-state index contributed by atoms with van der Waals surface area (Å²) in [5.74, 6) is -0.506. The Morgan fingerprint density at radius 2 is 2.15 bits per heavy atom. The van der Waals surface area contributed by atoms with E-state index in [1.165, 1.54) is 19.2 Å². The number of hydrogen-bond donors (Lipinski definition) is 1. The zero-order valence-electron chi connectivity index (χ0n) is 6.76. The minimum atomic E-state index is -4.36. The normalized spacial score (nSPS) is 11.2. The maximum absolute atomic E-state index is 10.9. The first kappa shape index (κ1) is 9.82. The molecule has 1 aromatic heterocycles. The Morgan fingerprint density at radius 3 is 2.54 bits per heavy atom. The Morgan fingerprint density at radius 1 is 1.54 bits per heavy atom. The van der Waals surface area contributed by atoms with Crippen LogP contribution < -0.4 is 0 Å². The van der Waals surface area contributed by atoms with Crippen molar-refractivity contribution in [3.8, 4) is 0 Å². The van der Waals surface area contributed by atoms with Crippen molar-refractivity contribution in [2.45, 2.75) is 11.8 Å². The maximum Gasteiger partial charge on any atom is 0.296 e.